The number of rotatable bonds is 2. The Morgan fingerprint density at radius 3 is 2.76 bits per heavy atom. The number of H-pyrrole nitrogens is 1. The van der Waals surface area contributed by atoms with Crippen molar-refractivity contribution in [3.8, 4) is 21.0 Å². The van der Waals surface area contributed by atoms with Crippen molar-refractivity contribution >= 4 is 44.4 Å². The van der Waals surface area contributed by atoms with E-state index in [4.69, 9.17) is 5.73 Å². The quantitative estimate of drug-likeness (QED) is 0.741. The van der Waals surface area contributed by atoms with Gasteiger partial charge >= 0.3 is 0 Å². The maximum atomic E-state index is 5.94. The number of nitrogens with zero attached hydrogens (tertiary/aromatic N) is 1. The molecule has 6 heteroatoms. The molecular weight excluding hydrogens is 318 g/mol. The number of anilines is 1. The number of nitrogens with one attached hydrogen (secondary N) is 1. The van der Waals surface area contributed by atoms with E-state index in [1.807, 2.05) is 22.9 Å². The van der Waals surface area contributed by atoms with E-state index < -0.39 is 0 Å². The Kier molecular flexibility index (Phi) is 2.78. The first kappa shape index (κ1) is 11.0. The highest BCUT2D eigenvalue weighted by molar-refractivity contribution is 9.10. The molecule has 86 valence electrons. The molecule has 3 aromatic heterocycles. The van der Waals surface area contributed by atoms with E-state index in [9.17, 15) is 0 Å². The zero-order valence-electron chi connectivity index (χ0n) is 8.61. The molecule has 17 heavy (non-hydrogen) atoms. The summed E-state index contributed by atoms with van der Waals surface area (Å²) < 4.78 is 1.06. The minimum absolute atomic E-state index is 0.544. The van der Waals surface area contributed by atoms with Gasteiger partial charge in [0.25, 0.3) is 0 Å². The number of aromatic amines is 1. The summed E-state index contributed by atoms with van der Waals surface area (Å²) in [6.07, 6.45) is 0. The van der Waals surface area contributed by atoms with Crippen LogP contribution in [0.4, 0.5) is 5.82 Å². The number of aromatic nitrogens is 2. The molecule has 3 rings (SSSR count). The summed E-state index contributed by atoms with van der Waals surface area (Å²) in [6, 6.07) is 6.09. The third-order valence-corrected chi connectivity index (χ3v) is 5.15. The molecule has 0 aliphatic heterocycles. The van der Waals surface area contributed by atoms with Crippen LogP contribution in [-0.4, -0.2) is 10.2 Å². The Morgan fingerprint density at radius 1 is 1.24 bits per heavy atom. The highest BCUT2D eigenvalue weighted by Gasteiger charge is 2.18. The average Bonchev–Trinajstić information content (AvgIpc) is 2.98. The normalized spacial score (nSPS) is 10.9. The molecule has 0 spiro atoms. The topological polar surface area (TPSA) is 54.7 Å². The van der Waals surface area contributed by atoms with Crippen molar-refractivity contribution in [3.63, 3.8) is 0 Å². The first-order valence-corrected chi connectivity index (χ1v) is 7.43. The fourth-order valence-electron chi connectivity index (χ4n) is 1.66. The molecule has 0 saturated heterocycles. The maximum Gasteiger partial charge on any atom is 0.154 e. The first-order chi connectivity index (χ1) is 8.27. The van der Waals surface area contributed by atoms with Crippen LogP contribution in [0.5, 0.6) is 0 Å². The highest BCUT2D eigenvalue weighted by Crippen LogP contribution is 2.41. The zero-order valence-corrected chi connectivity index (χ0v) is 11.8. The van der Waals surface area contributed by atoms with Crippen molar-refractivity contribution in [3.05, 3.63) is 33.4 Å². The van der Waals surface area contributed by atoms with Crippen molar-refractivity contribution < 1.29 is 0 Å². The molecule has 3 heterocycles. The number of hydrogen-bond acceptors (Lipinski definition) is 4. The molecule has 3 aromatic rings. The third kappa shape index (κ3) is 1.82. The second-order valence-corrected chi connectivity index (χ2v) is 6.15. The van der Waals surface area contributed by atoms with Crippen LogP contribution in [0.3, 0.4) is 0 Å². The van der Waals surface area contributed by atoms with Crippen molar-refractivity contribution in [2.45, 2.75) is 0 Å². The lowest BCUT2D eigenvalue weighted by Gasteiger charge is -2.00. The Bertz CT molecular complexity index is 640. The number of hydrogen-bond donors (Lipinski definition) is 2. The molecule has 3 nitrogen and oxygen atoms in total. The zero-order chi connectivity index (χ0) is 11.8. The van der Waals surface area contributed by atoms with Gasteiger partial charge in [-0.2, -0.15) is 5.10 Å². The molecule has 0 fully saturated rings. The van der Waals surface area contributed by atoms with Crippen LogP contribution in [0.1, 0.15) is 0 Å². The summed E-state index contributed by atoms with van der Waals surface area (Å²) in [4.78, 5) is 2.25. The molecular formula is C11H8BrN3S2. The van der Waals surface area contributed by atoms with E-state index >= 15 is 0 Å². The molecule has 0 aliphatic rings. The summed E-state index contributed by atoms with van der Waals surface area (Å²) in [5.74, 6) is 0.544. The van der Waals surface area contributed by atoms with Gasteiger partial charge in [0.2, 0.25) is 0 Å². The van der Waals surface area contributed by atoms with E-state index in [0.717, 1.165) is 25.5 Å². The van der Waals surface area contributed by atoms with Crippen molar-refractivity contribution in [2.24, 2.45) is 0 Å². The molecule has 0 bridgehead atoms. The van der Waals surface area contributed by atoms with E-state index in [1.165, 1.54) is 0 Å². The average molecular weight is 326 g/mol. The van der Waals surface area contributed by atoms with E-state index in [1.54, 1.807) is 22.7 Å². The first-order valence-electron chi connectivity index (χ1n) is 4.88. The number of thiophene rings is 2. The molecule has 0 radical (unpaired) electrons. The van der Waals surface area contributed by atoms with E-state index in [2.05, 4.69) is 32.2 Å². The largest absolute Gasteiger partial charge is 0.382 e. The smallest absolute Gasteiger partial charge is 0.154 e. The number of nitrogen functional groups attached to an aromatic ring is 1. The summed E-state index contributed by atoms with van der Waals surface area (Å²) in [5.41, 5.74) is 7.91. The lowest BCUT2D eigenvalue weighted by Crippen LogP contribution is -1.86. The van der Waals surface area contributed by atoms with Gasteiger partial charge in [0.15, 0.2) is 5.82 Å². The fraction of sp³-hybridized carbons (Fsp3) is 0. The van der Waals surface area contributed by atoms with Gasteiger partial charge in [-0.3, -0.25) is 5.10 Å². The Hall–Kier alpha value is -1.11. The molecule has 0 aliphatic carbocycles. The minimum Gasteiger partial charge on any atom is -0.382 e. The Morgan fingerprint density at radius 2 is 2.12 bits per heavy atom. The number of halogens is 1. The Balaban J connectivity index is 2.23. The van der Waals surface area contributed by atoms with E-state index in [0.29, 0.717) is 5.82 Å². The number of nitrogens with two attached hydrogens (primary N) is 1. The van der Waals surface area contributed by atoms with Crippen LogP contribution in [0.2, 0.25) is 0 Å². The van der Waals surface area contributed by atoms with Crippen molar-refractivity contribution in [2.75, 3.05) is 5.73 Å². The molecule has 0 atom stereocenters. The van der Waals surface area contributed by atoms with Gasteiger partial charge in [-0.1, -0.05) is 6.07 Å². The van der Waals surface area contributed by atoms with Crippen LogP contribution in [0.15, 0.2) is 33.4 Å². The summed E-state index contributed by atoms with van der Waals surface area (Å²) in [5, 5.41) is 11.2. The molecule has 0 aromatic carbocycles. The van der Waals surface area contributed by atoms with Crippen LogP contribution >= 0.6 is 38.6 Å². The van der Waals surface area contributed by atoms with Gasteiger partial charge in [-0.15, -0.1) is 22.7 Å². The molecule has 0 amide bonds. The third-order valence-electron chi connectivity index (χ3n) is 2.41. The standard InChI is InChI=1S/C11H8BrN3S2/c12-6-3-5-17-10(6)9-8(11(13)15-14-9)7-2-1-4-16-7/h1-5H,(H3,13,14,15). The van der Waals surface area contributed by atoms with Gasteiger partial charge in [0.1, 0.15) is 0 Å². The monoisotopic (exact) mass is 325 g/mol. The summed E-state index contributed by atoms with van der Waals surface area (Å²) in [7, 11) is 0. The SMILES string of the molecule is Nc1n[nH]c(-c2sccc2Br)c1-c1cccs1. The fourth-order valence-corrected chi connectivity index (χ4v) is 4.02. The van der Waals surface area contributed by atoms with Gasteiger partial charge in [-0.05, 0) is 38.8 Å². The van der Waals surface area contributed by atoms with Crippen LogP contribution in [0, 0.1) is 0 Å². The highest BCUT2D eigenvalue weighted by atomic mass is 79.9. The van der Waals surface area contributed by atoms with Crippen LogP contribution < -0.4 is 5.73 Å². The predicted octanol–water partition coefficient (Wildman–Crippen LogP) is 4.21. The second kappa shape index (κ2) is 4.29. The predicted molar refractivity (Wildman–Crippen MR) is 77.3 cm³/mol. The Labute approximate surface area is 114 Å². The van der Waals surface area contributed by atoms with Crippen molar-refractivity contribution in [1.82, 2.24) is 10.2 Å². The van der Waals surface area contributed by atoms with Crippen molar-refractivity contribution in [1.29, 1.82) is 0 Å². The van der Waals surface area contributed by atoms with Gasteiger partial charge in [-0.25, -0.2) is 0 Å². The van der Waals surface area contributed by atoms with Gasteiger partial charge < -0.3 is 5.73 Å². The lowest BCUT2D eigenvalue weighted by atomic mass is 10.1. The van der Waals surface area contributed by atoms with Gasteiger partial charge in [0, 0.05) is 9.35 Å². The van der Waals surface area contributed by atoms with E-state index in [-0.39, 0.29) is 0 Å². The lowest BCUT2D eigenvalue weighted by molar-refractivity contribution is 1.10. The second-order valence-electron chi connectivity index (χ2n) is 3.43. The minimum atomic E-state index is 0.544. The molecule has 3 N–H and O–H groups in total. The summed E-state index contributed by atoms with van der Waals surface area (Å²) >= 11 is 6.85. The van der Waals surface area contributed by atoms with Gasteiger partial charge in [0.05, 0.1) is 16.1 Å². The maximum absolute atomic E-state index is 5.94. The van der Waals surface area contributed by atoms with Crippen LogP contribution in [-0.2, 0) is 0 Å². The summed E-state index contributed by atoms with van der Waals surface area (Å²) in [6.45, 7) is 0. The van der Waals surface area contributed by atoms with Crippen LogP contribution in [0.25, 0.3) is 21.0 Å². The molecule has 0 saturated carbocycles. The molecule has 0 unspecified atom stereocenters.